The monoisotopic (exact) mass is 700 g/mol. The average Bonchev–Trinajstić information content (AvgIpc) is 3.77. The molecule has 0 N–H and O–H groups in total. The zero-order valence-corrected chi connectivity index (χ0v) is 29.4. The van der Waals surface area contributed by atoms with Gasteiger partial charge in [-0.1, -0.05) is 121 Å². The number of imidazole rings is 2. The summed E-state index contributed by atoms with van der Waals surface area (Å²) in [6.07, 6.45) is 0. The van der Waals surface area contributed by atoms with Crippen LogP contribution in [-0.4, -0.2) is 28.9 Å². The molecule has 7 heteroatoms. The van der Waals surface area contributed by atoms with Gasteiger partial charge in [0.15, 0.2) is 11.6 Å². The Hall–Kier alpha value is -6.83. The molecule has 0 unspecified atom stereocenters. The maximum absolute atomic E-state index is 5.28. The molecule has 0 aliphatic carbocycles. The molecule has 252 valence electrons. The summed E-state index contributed by atoms with van der Waals surface area (Å²) >= 11 is 0. The first-order valence-electron chi connectivity index (χ1n) is 17.6. The molecule has 3 aromatic heterocycles. The van der Waals surface area contributed by atoms with Crippen LogP contribution in [0.1, 0.15) is 0 Å². The van der Waals surface area contributed by atoms with Crippen LogP contribution in [0, 0.1) is 0 Å². The van der Waals surface area contributed by atoms with Crippen LogP contribution in [0.3, 0.4) is 0 Å². The summed E-state index contributed by atoms with van der Waals surface area (Å²) in [4.78, 5) is 25.7. The van der Waals surface area contributed by atoms with Crippen LogP contribution in [-0.2, 0) is 0 Å². The standard InChI is InChI=1S/C46H32N6S/c1-5-18-33(19-6-1)43-48-44(50-45(49-43)52-42-31-16-15-30-41(42)51-40-29-14-13-28-39(40)47-46(51)52)34-20-17-27-38(32-34)53(35-21-7-2-8-22-35,36-23-9-3-10-24-36)37-25-11-4-12-26-37/h1-32H. The zero-order chi connectivity index (χ0) is 35.2. The Morgan fingerprint density at radius 2 is 0.830 bits per heavy atom. The molecule has 0 saturated heterocycles. The number of hydrogen-bond donors (Lipinski definition) is 0. The number of rotatable bonds is 7. The van der Waals surface area contributed by atoms with Crippen molar-refractivity contribution in [3.8, 4) is 28.7 Å². The minimum absolute atomic E-state index is 0.508. The third-order valence-corrected chi connectivity index (χ3v) is 13.6. The molecule has 0 aliphatic heterocycles. The quantitative estimate of drug-likeness (QED) is 0.166. The van der Waals surface area contributed by atoms with Crippen LogP contribution in [0.15, 0.2) is 214 Å². The summed E-state index contributed by atoms with van der Waals surface area (Å²) in [5.41, 5.74) is 5.75. The van der Waals surface area contributed by atoms with E-state index >= 15 is 0 Å². The van der Waals surface area contributed by atoms with Crippen molar-refractivity contribution in [2.24, 2.45) is 0 Å². The van der Waals surface area contributed by atoms with E-state index in [9.17, 15) is 0 Å². The maximum atomic E-state index is 5.28. The van der Waals surface area contributed by atoms with E-state index in [0.29, 0.717) is 17.6 Å². The number of aromatic nitrogens is 6. The Balaban J connectivity index is 1.25. The lowest BCUT2D eigenvalue weighted by molar-refractivity contribution is 0.937. The van der Waals surface area contributed by atoms with E-state index in [1.165, 1.54) is 19.6 Å². The number of nitrogens with zero attached hydrogens (tertiary/aromatic N) is 6. The summed E-state index contributed by atoms with van der Waals surface area (Å²) in [5, 5.41) is 0. The molecule has 0 aliphatic rings. The summed E-state index contributed by atoms with van der Waals surface area (Å²) in [7, 11) is -1.92. The molecular weight excluding hydrogens is 669 g/mol. The third-order valence-electron chi connectivity index (χ3n) is 9.70. The van der Waals surface area contributed by atoms with Crippen molar-refractivity contribution < 1.29 is 0 Å². The lowest BCUT2D eigenvalue weighted by atomic mass is 10.2. The maximum Gasteiger partial charge on any atom is 0.241 e. The lowest BCUT2D eigenvalue weighted by Crippen LogP contribution is -2.08. The van der Waals surface area contributed by atoms with Crippen molar-refractivity contribution in [2.75, 3.05) is 0 Å². The second-order valence-electron chi connectivity index (χ2n) is 12.8. The first-order chi connectivity index (χ1) is 26.3. The Morgan fingerprint density at radius 1 is 0.358 bits per heavy atom. The van der Waals surface area contributed by atoms with Gasteiger partial charge in [-0.15, -0.1) is 10.0 Å². The normalized spacial score (nSPS) is 12.1. The van der Waals surface area contributed by atoms with Crippen LogP contribution in [0.2, 0.25) is 0 Å². The smallest absolute Gasteiger partial charge is 0.241 e. The van der Waals surface area contributed by atoms with Crippen LogP contribution in [0.4, 0.5) is 0 Å². The zero-order valence-electron chi connectivity index (χ0n) is 28.6. The van der Waals surface area contributed by atoms with E-state index in [2.05, 4.69) is 148 Å². The van der Waals surface area contributed by atoms with Gasteiger partial charge in [-0.2, -0.15) is 9.97 Å². The first-order valence-corrected chi connectivity index (χ1v) is 19.2. The number of benzene rings is 7. The van der Waals surface area contributed by atoms with Crippen LogP contribution < -0.4 is 0 Å². The highest BCUT2D eigenvalue weighted by molar-refractivity contribution is 8.34. The van der Waals surface area contributed by atoms with Gasteiger partial charge in [-0.25, -0.2) is 14.5 Å². The molecule has 6 nitrogen and oxygen atoms in total. The summed E-state index contributed by atoms with van der Waals surface area (Å²) in [5.74, 6) is 2.44. The van der Waals surface area contributed by atoms with Gasteiger partial charge in [0.1, 0.15) is 0 Å². The van der Waals surface area contributed by atoms with E-state index in [0.717, 1.165) is 39.0 Å². The Bertz CT molecular complexity index is 2790. The van der Waals surface area contributed by atoms with Crippen molar-refractivity contribution in [1.82, 2.24) is 28.9 Å². The number of para-hydroxylation sites is 4. The van der Waals surface area contributed by atoms with Crippen molar-refractivity contribution >= 4 is 37.9 Å². The largest absolute Gasteiger partial charge is 0.276 e. The van der Waals surface area contributed by atoms with Crippen molar-refractivity contribution in [3.63, 3.8) is 0 Å². The Kier molecular flexibility index (Phi) is 7.44. The van der Waals surface area contributed by atoms with E-state index in [4.69, 9.17) is 19.9 Å². The SMILES string of the molecule is c1ccc(-c2nc(-c3cccc(S(c4ccccc4)(c4ccccc4)c4ccccc4)c3)nc(-n3c4ccccc4n4c5ccccc5nc34)n2)cc1. The van der Waals surface area contributed by atoms with Gasteiger partial charge >= 0.3 is 0 Å². The topological polar surface area (TPSA) is 60.9 Å². The molecule has 0 fully saturated rings. The second kappa shape index (κ2) is 12.7. The molecule has 10 rings (SSSR count). The molecule has 0 amide bonds. The van der Waals surface area contributed by atoms with E-state index in [-0.39, 0.29) is 0 Å². The Morgan fingerprint density at radius 3 is 1.45 bits per heavy atom. The summed E-state index contributed by atoms with van der Waals surface area (Å²) in [6.45, 7) is 0. The van der Waals surface area contributed by atoms with Gasteiger partial charge in [-0.3, -0.25) is 4.40 Å². The minimum Gasteiger partial charge on any atom is -0.276 e. The van der Waals surface area contributed by atoms with Gasteiger partial charge in [0, 0.05) is 30.7 Å². The molecule has 0 saturated carbocycles. The highest BCUT2D eigenvalue weighted by atomic mass is 32.3. The van der Waals surface area contributed by atoms with Gasteiger partial charge in [-0.05, 0) is 72.8 Å². The van der Waals surface area contributed by atoms with E-state index in [1.807, 2.05) is 54.6 Å². The van der Waals surface area contributed by atoms with Crippen molar-refractivity contribution in [2.45, 2.75) is 19.6 Å². The summed E-state index contributed by atoms with van der Waals surface area (Å²) in [6, 6.07) is 68.1. The average molecular weight is 701 g/mol. The fourth-order valence-electron chi connectivity index (χ4n) is 7.37. The minimum atomic E-state index is -1.92. The molecule has 0 spiro atoms. The fraction of sp³-hybridized carbons (Fsp3) is 0. The number of fused-ring (bicyclic) bond motifs is 5. The van der Waals surface area contributed by atoms with Gasteiger partial charge in [0.2, 0.25) is 11.7 Å². The highest BCUT2D eigenvalue weighted by Crippen LogP contribution is 2.73. The molecule has 0 bridgehead atoms. The molecule has 0 radical (unpaired) electrons. The summed E-state index contributed by atoms with van der Waals surface area (Å²) < 4.78 is 4.25. The molecule has 3 heterocycles. The molecule has 7 aromatic carbocycles. The second-order valence-corrected chi connectivity index (χ2v) is 15.9. The van der Waals surface area contributed by atoms with Gasteiger partial charge in [0.05, 0.1) is 22.1 Å². The third kappa shape index (κ3) is 5.05. The molecule has 53 heavy (non-hydrogen) atoms. The molecule has 0 atom stereocenters. The predicted octanol–water partition coefficient (Wildman–Crippen LogP) is 11.3. The fourth-order valence-corrected chi connectivity index (χ4v) is 11.3. The van der Waals surface area contributed by atoms with Crippen LogP contribution in [0.5, 0.6) is 0 Å². The molecular formula is C46H32N6S. The van der Waals surface area contributed by atoms with Crippen molar-refractivity contribution in [3.05, 3.63) is 194 Å². The van der Waals surface area contributed by atoms with Crippen LogP contribution >= 0.6 is 10.0 Å². The lowest BCUT2D eigenvalue weighted by Gasteiger charge is -2.42. The van der Waals surface area contributed by atoms with E-state index in [1.54, 1.807) is 0 Å². The van der Waals surface area contributed by atoms with Crippen molar-refractivity contribution in [1.29, 1.82) is 0 Å². The highest BCUT2D eigenvalue weighted by Gasteiger charge is 2.33. The van der Waals surface area contributed by atoms with Gasteiger partial charge < -0.3 is 0 Å². The number of hydrogen-bond acceptors (Lipinski definition) is 4. The Labute approximate surface area is 308 Å². The first kappa shape index (κ1) is 30.9. The van der Waals surface area contributed by atoms with Gasteiger partial charge in [0.25, 0.3) is 0 Å². The predicted molar refractivity (Wildman–Crippen MR) is 214 cm³/mol. The van der Waals surface area contributed by atoms with E-state index < -0.39 is 10.0 Å². The molecule has 10 aromatic rings. The van der Waals surface area contributed by atoms with Crippen LogP contribution in [0.25, 0.3) is 56.6 Å².